The van der Waals surface area contributed by atoms with Crippen LogP contribution in [0.1, 0.15) is 10.4 Å². The van der Waals surface area contributed by atoms with Crippen LogP contribution < -0.4 is 20.5 Å². The van der Waals surface area contributed by atoms with Crippen LogP contribution in [0.2, 0.25) is 0 Å². The van der Waals surface area contributed by atoms with Gasteiger partial charge in [-0.2, -0.15) is 0 Å². The van der Waals surface area contributed by atoms with Crippen LogP contribution in [0.3, 0.4) is 0 Å². The van der Waals surface area contributed by atoms with Crippen LogP contribution in [0.4, 0.5) is 20.2 Å². The number of aromatic nitrogens is 1. The minimum atomic E-state index is -0.814. The van der Waals surface area contributed by atoms with Gasteiger partial charge in [0.15, 0.2) is 11.5 Å². The number of para-hydroxylation sites is 1. The molecule has 6 nitrogen and oxygen atoms in total. The molecular weight excluding hydrogens is 344 g/mol. The van der Waals surface area contributed by atoms with E-state index < -0.39 is 23.2 Å². The van der Waals surface area contributed by atoms with E-state index in [1.54, 1.807) is 12.1 Å². The standard InChI is InChI=1S/C18H15F2N3O3/c1-25-14-6-9-13(7-15(14)26-2)22-8-10(18(21)24)16(9)23-17-11(19)4-3-5-12(17)20/h3-8H,1-2H3,(H2,21,24)(H,22,23). The first-order valence-electron chi connectivity index (χ1n) is 7.51. The van der Waals surface area contributed by atoms with Crippen molar-refractivity contribution in [2.45, 2.75) is 0 Å². The SMILES string of the molecule is COc1cc2ncc(C(N)=O)c(Nc3c(F)cccc3F)c2cc1OC. The predicted octanol–water partition coefficient (Wildman–Crippen LogP) is 3.37. The van der Waals surface area contributed by atoms with E-state index in [1.165, 1.54) is 26.5 Å². The summed E-state index contributed by atoms with van der Waals surface area (Å²) >= 11 is 0. The van der Waals surface area contributed by atoms with Crippen LogP contribution >= 0.6 is 0 Å². The summed E-state index contributed by atoms with van der Waals surface area (Å²) in [5.74, 6) is -1.65. The maximum absolute atomic E-state index is 14.1. The summed E-state index contributed by atoms with van der Waals surface area (Å²) in [7, 11) is 2.91. The molecule has 0 saturated heterocycles. The zero-order valence-electron chi connectivity index (χ0n) is 14.0. The average Bonchev–Trinajstić information content (AvgIpc) is 2.63. The summed E-state index contributed by atoms with van der Waals surface area (Å²) in [6.45, 7) is 0. The molecule has 0 saturated carbocycles. The zero-order chi connectivity index (χ0) is 18.8. The number of benzene rings is 2. The Morgan fingerprint density at radius 1 is 1.08 bits per heavy atom. The molecule has 3 N–H and O–H groups in total. The number of halogens is 2. The number of primary amides is 1. The maximum atomic E-state index is 14.1. The van der Waals surface area contributed by atoms with Gasteiger partial charge in [-0.05, 0) is 18.2 Å². The fourth-order valence-electron chi connectivity index (χ4n) is 2.58. The van der Waals surface area contributed by atoms with Gasteiger partial charge < -0.3 is 20.5 Å². The highest BCUT2D eigenvalue weighted by Crippen LogP contribution is 2.37. The number of pyridine rings is 1. The zero-order valence-corrected chi connectivity index (χ0v) is 14.0. The number of anilines is 2. The minimum Gasteiger partial charge on any atom is -0.493 e. The molecule has 0 fully saturated rings. The molecule has 0 unspecified atom stereocenters. The van der Waals surface area contributed by atoms with E-state index in [2.05, 4.69) is 10.3 Å². The van der Waals surface area contributed by atoms with Gasteiger partial charge >= 0.3 is 0 Å². The van der Waals surface area contributed by atoms with Crippen molar-refractivity contribution in [2.24, 2.45) is 5.73 Å². The molecule has 0 atom stereocenters. The quantitative estimate of drug-likeness (QED) is 0.729. The van der Waals surface area contributed by atoms with Gasteiger partial charge in [0.25, 0.3) is 5.91 Å². The van der Waals surface area contributed by atoms with E-state index in [0.29, 0.717) is 22.4 Å². The molecule has 0 radical (unpaired) electrons. The van der Waals surface area contributed by atoms with Crippen LogP contribution in [0.5, 0.6) is 11.5 Å². The summed E-state index contributed by atoms with van der Waals surface area (Å²) in [5, 5.41) is 3.03. The largest absolute Gasteiger partial charge is 0.493 e. The molecule has 0 bridgehead atoms. The monoisotopic (exact) mass is 359 g/mol. The van der Waals surface area contributed by atoms with Gasteiger partial charge in [-0.15, -0.1) is 0 Å². The van der Waals surface area contributed by atoms with Crippen LogP contribution in [-0.2, 0) is 0 Å². The highest BCUT2D eigenvalue weighted by molar-refractivity contribution is 6.08. The molecule has 3 aromatic rings. The molecule has 1 aromatic heterocycles. The Bertz CT molecular complexity index is 988. The lowest BCUT2D eigenvalue weighted by Crippen LogP contribution is -2.14. The van der Waals surface area contributed by atoms with Crippen LogP contribution in [0.25, 0.3) is 10.9 Å². The second-order valence-electron chi connectivity index (χ2n) is 5.36. The summed E-state index contributed by atoms with van der Waals surface area (Å²) in [6.07, 6.45) is 1.23. The van der Waals surface area contributed by atoms with Crippen LogP contribution in [0.15, 0.2) is 36.5 Å². The van der Waals surface area contributed by atoms with Crippen molar-refractivity contribution in [3.8, 4) is 11.5 Å². The number of hydrogen-bond donors (Lipinski definition) is 2. The second-order valence-corrected chi connectivity index (χ2v) is 5.36. The Morgan fingerprint density at radius 2 is 1.69 bits per heavy atom. The fraction of sp³-hybridized carbons (Fsp3) is 0.111. The van der Waals surface area contributed by atoms with E-state index in [4.69, 9.17) is 15.2 Å². The van der Waals surface area contributed by atoms with E-state index in [9.17, 15) is 13.6 Å². The molecule has 1 amide bonds. The van der Waals surface area contributed by atoms with Crippen LogP contribution in [-0.4, -0.2) is 25.1 Å². The Morgan fingerprint density at radius 3 is 2.27 bits per heavy atom. The van der Waals surface area contributed by atoms with Crippen LogP contribution in [0, 0.1) is 11.6 Å². The smallest absolute Gasteiger partial charge is 0.252 e. The number of nitrogens with zero attached hydrogens (tertiary/aromatic N) is 1. The molecule has 0 aliphatic heterocycles. The Balaban J connectivity index is 2.29. The topological polar surface area (TPSA) is 86.5 Å². The van der Waals surface area contributed by atoms with E-state index in [1.807, 2.05) is 0 Å². The molecule has 1 heterocycles. The van der Waals surface area contributed by atoms with Crippen molar-refractivity contribution in [3.63, 3.8) is 0 Å². The fourth-order valence-corrected chi connectivity index (χ4v) is 2.58. The molecule has 0 aliphatic rings. The first kappa shape index (κ1) is 17.4. The first-order valence-corrected chi connectivity index (χ1v) is 7.51. The van der Waals surface area contributed by atoms with Gasteiger partial charge in [0.05, 0.1) is 31.0 Å². The Kier molecular flexibility index (Phi) is 4.57. The van der Waals surface area contributed by atoms with Gasteiger partial charge in [-0.25, -0.2) is 8.78 Å². The average molecular weight is 359 g/mol. The van der Waals surface area contributed by atoms with Gasteiger partial charge in [-0.3, -0.25) is 9.78 Å². The number of carbonyl (C=O) groups excluding carboxylic acids is 1. The summed E-state index contributed by atoms with van der Waals surface area (Å²) in [4.78, 5) is 16.0. The summed E-state index contributed by atoms with van der Waals surface area (Å²) in [6, 6.07) is 6.57. The third kappa shape index (κ3) is 2.97. The van der Waals surface area contributed by atoms with Crippen molar-refractivity contribution < 1.29 is 23.0 Å². The van der Waals surface area contributed by atoms with Gasteiger partial charge in [0.2, 0.25) is 0 Å². The van der Waals surface area contributed by atoms with Crippen molar-refractivity contribution in [1.82, 2.24) is 4.98 Å². The highest BCUT2D eigenvalue weighted by Gasteiger charge is 2.19. The van der Waals surface area contributed by atoms with Crippen molar-refractivity contribution in [1.29, 1.82) is 0 Å². The summed E-state index contributed by atoms with van der Waals surface area (Å²) in [5.41, 5.74) is 5.51. The number of nitrogens with two attached hydrogens (primary N) is 1. The number of fused-ring (bicyclic) bond motifs is 1. The Labute approximate surface area is 147 Å². The maximum Gasteiger partial charge on any atom is 0.252 e. The third-order valence-electron chi connectivity index (χ3n) is 3.85. The van der Waals surface area contributed by atoms with Gasteiger partial charge in [-0.1, -0.05) is 6.07 Å². The normalized spacial score (nSPS) is 10.6. The van der Waals surface area contributed by atoms with Crippen molar-refractivity contribution >= 4 is 28.2 Å². The second kappa shape index (κ2) is 6.83. The number of methoxy groups -OCH3 is 2. The van der Waals surface area contributed by atoms with Gasteiger partial charge in [0, 0.05) is 17.6 Å². The molecule has 0 spiro atoms. The molecular formula is C18H15F2N3O3. The number of hydrogen-bond acceptors (Lipinski definition) is 5. The van der Waals surface area contributed by atoms with E-state index in [0.717, 1.165) is 12.1 Å². The van der Waals surface area contributed by atoms with Crippen molar-refractivity contribution in [2.75, 3.05) is 19.5 Å². The molecule has 26 heavy (non-hydrogen) atoms. The lowest BCUT2D eigenvalue weighted by molar-refractivity contribution is 0.100. The molecule has 134 valence electrons. The number of ether oxygens (including phenoxy) is 2. The lowest BCUT2D eigenvalue weighted by atomic mass is 10.1. The van der Waals surface area contributed by atoms with Crippen molar-refractivity contribution in [3.05, 3.63) is 53.7 Å². The Hall–Kier alpha value is -3.42. The number of nitrogens with one attached hydrogen (secondary N) is 1. The van der Waals surface area contributed by atoms with E-state index >= 15 is 0 Å². The predicted molar refractivity (Wildman–Crippen MR) is 93.0 cm³/mol. The highest BCUT2D eigenvalue weighted by atomic mass is 19.1. The lowest BCUT2D eigenvalue weighted by Gasteiger charge is -2.16. The molecule has 2 aromatic carbocycles. The molecule has 0 aliphatic carbocycles. The number of rotatable bonds is 5. The number of carbonyl (C=O) groups is 1. The molecule has 8 heteroatoms. The van der Waals surface area contributed by atoms with E-state index in [-0.39, 0.29) is 11.3 Å². The summed E-state index contributed by atoms with van der Waals surface area (Å²) < 4.78 is 38.6. The minimum absolute atomic E-state index is 0.0210. The number of amides is 1. The van der Waals surface area contributed by atoms with Gasteiger partial charge in [0.1, 0.15) is 17.3 Å². The third-order valence-corrected chi connectivity index (χ3v) is 3.85. The first-order chi connectivity index (χ1) is 12.5. The molecule has 3 rings (SSSR count).